The maximum atomic E-state index is 12.9. The summed E-state index contributed by atoms with van der Waals surface area (Å²) in [5.41, 5.74) is 0. The SMILES string of the molecule is CCC(CC)N(CCOC)S(=O)(=O)N1CCCC(CO)C1. The predicted molar refractivity (Wildman–Crippen MR) is 83.3 cm³/mol. The molecule has 0 aromatic heterocycles. The van der Waals surface area contributed by atoms with Crippen molar-refractivity contribution < 1.29 is 18.3 Å². The lowest BCUT2D eigenvalue weighted by atomic mass is 10.0. The van der Waals surface area contributed by atoms with Crippen LogP contribution in [0.2, 0.25) is 0 Å². The molecule has 0 amide bonds. The van der Waals surface area contributed by atoms with Crippen LogP contribution >= 0.6 is 0 Å². The van der Waals surface area contributed by atoms with Gasteiger partial charge in [0.1, 0.15) is 0 Å². The zero-order valence-corrected chi connectivity index (χ0v) is 14.3. The van der Waals surface area contributed by atoms with E-state index < -0.39 is 10.2 Å². The molecule has 0 aromatic rings. The second kappa shape index (κ2) is 9.05. The third kappa shape index (κ3) is 4.89. The Kier molecular flexibility index (Phi) is 8.12. The minimum absolute atomic E-state index is 0.000321. The first-order valence-corrected chi connectivity index (χ1v) is 9.27. The molecule has 6 nitrogen and oxygen atoms in total. The van der Waals surface area contributed by atoms with Crippen molar-refractivity contribution in [1.82, 2.24) is 8.61 Å². The van der Waals surface area contributed by atoms with E-state index in [1.165, 1.54) is 4.31 Å². The Hall–Kier alpha value is -0.210. The van der Waals surface area contributed by atoms with Crippen molar-refractivity contribution in [3.63, 3.8) is 0 Å². The summed E-state index contributed by atoms with van der Waals surface area (Å²) in [6.45, 7) is 5.81. The van der Waals surface area contributed by atoms with Crippen molar-refractivity contribution in [1.29, 1.82) is 0 Å². The van der Waals surface area contributed by atoms with Crippen LogP contribution in [0.5, 0.6) is 0 Å². The molecular weight excluding hydrogens is 292 g/mol. The summed E-state index contributed by atoms with van der Waals surface area (Å²) in [4.78, 5) is 0. The molecule has 1 heterocycles. The molecule has 0 aromatic carbocycles. The van der Waals surface area contributed by atoms with Crippen LogP contribution in [0.1, 0.15) is 39.5 Å². The highest BCUT2D eigenvalue weighted by Crippen LogP contribution is 2.23. The standard InChI is InChI=1S/C14H30N2O4S/c1-4-14(5-2)16(9-10-20-3)21(18,19)15-8-6-7-13(11-15)12-17/h13-14,17H,4-12H2,1-3H3. The normalized spacial score (nSPS) is 21.3. The van der Waals surface area contributed by atoms with Crippen LogP contribution in [0.25, 0.3) is 0 Å². The molecule has 21 heavy (non-hydrogen) atoms. The fraction of sp³-hybridized carbons (Fsp3) is 1.00. The van der Waals surface area contributed by atoms with Gasteiger partial charge in [0.2, 0.25) is 0 Å². The molecule has 7 heteroatoms. The number of ether oxygens (including phenoxy) is 1. The van der Waals surface area contributed by atoms with Gasteiger partial charge in [0.25, 0.3) is 10.2 Å². The largest absolute Gasteiger partial charge is 0.396 e. The number of aliphatic hydroxyl groups excluding tert-OH is 1. The van der Waals surface area contributed by atoms with Gasteiger partial charge in [0.15, 0.2) is 0 Å². The van der Waals surface area contributed by atoms with Gasteiger partial charge in [0.05, 0.1) is 6.61 Å². The minimum atomic E-state index is -3.49. The van der Waals surface area contributed by atoms with E-state index in [1.807, 2.05) is 13.8 Å². The molecule has 1 saturated heterocycles. The van der Waals surface area contributed by atoms with E-state index in [9.17, 15) is 13.5 Å². The van der Waals surface area contributed by atoms with Crippen LogP contribution in [0.4, 0.5) is 0 Å². The molecule has 0 aliphatic carbocycles. The fourth-order valence-electron chi connectivity index (χ4n) is 2.90. The molecule has 1 aliphatic rings. The number of rotatable bonds is 9. The third-order valence-corrected chi connectivity index (χ3v) is 6.29. The van der Waals surface area contributed by atoms with Gasteiger partial charge in [0, 0.05) is 39.4 Å². The van der Waals surface area contributed by atoms with Gasteiger partial charge >= 0.3 is 0 Å². The second-order valence-corrected chi connectivity index (χ2v) is 7.51. The zero-order chi connectivity index (χ0) is 15.9. The molecule has 0 spiro atoms. The Morgan fingerprint density at radius 1 is 1.38 bits per heavy atom. The first-order valence-electron chi connectivity index (χ1n) is 7.87. The summed E-state index contributed by atoms with van der Waals surface area (Å²) >= 11 is 0. The molecule has 126 valence electrons. The highest BCUT2D eigenvalue weighted by molar-refractivity contribution is 7.86. The van der Waals surface area contributed by atoms with Crippen LogP contribution in [0, 0.1) is 5.92 Å². The van der Waals surface area contributed by atoms with Gasteiger partial charge in [-0.2, -0.15) is 17.0 Å². The lowest BCUT2D eigenvalue weighted by molar-refractivity contribution is 0.142. The smallest absolute Gasteiger partial charge is 0.282 e. The summed E-state index contributed by atoms with van der Waals surface area (Å²) in [5.74, 6) is 0.0551. The number of methoxy groups -OCH3 is 1. The van der Waals surface area contributed by atoms with Crippen molar-refractivity contribution >= 4 is 10.2 Å². The van der Waals surface area contributed by atoms with Crippen molar-refractivity contribution in [3.05, 3.63) is 0 Å². The fourth-order valence-corrected chi connectivity index (χ4v) is 4.93. The molecule has 1 unspecified atom stereocenters. The number of piperidine rings is 1. The van der Waals surface area contributed by atoms with Gasteiger partial charge in [-0.1, -0.05) is 13.8 Å². The van der Waals surface area contributed by atoms with Gasteiger partial charge in [-0.15, -0.1) is 0 Å². The molecule has 1 aliphatic heterocycles. The Morgan fingerprint density at radius 2 is 2.05 bits per heavy atom. The quantitative estimate of drug-likeness (QED) is 0.689. The molecule has 0 radical (unpaired) electrons. The highest BCUT2D eigenvalue weighted by atomic mass is 32.2. The number of nitrogens with zero attached hydrogens (tertiary/aromatic N) is 2. The molecule has 0 bridgehead atoms. The monoisotopic (exact) mass is 322 g/mol. The Bertz CT molecular complexity index is 384. The summed E-state index contributed by atoms with van der Waals surface area (Å²) in [6.07, 6.45) is 3.28. The number of hydrogen-bond donors (Lipinski definition) is 1. The molecule has 1 N–H and O–H groups in total. The molecule has 0 saturated carbocycles. The van der Waals surface area contributed by atoms with Crippen molar-refractivity contribution in [3.8, 4) is 0 Å². The van der Waals surface area contributed by atoms with Crippen LogP contribution in [0.15, 0.2) is 0 Å². The minimum Gasteiger partial charge on any atom is -0.396 e. The van der Waals surface area contributed by atoms with Gasteiger partial charge < -0.3 is 9.84 Å². The summed E-state index contributed by atoms with van der Waals surface area (Å²) in [6, 6.07) is -0.000321. The first kappa shape index (κ1) is 18.8. The van der Waals surface area contributed by atoms with E-state index in [0.717, 1.165) is 25.7 Å². The molecule has 1 atom stereocenters. The topological polar surface area (TPSA) is 70.1 Å². The molecule has 1 rings (SSSR count). The third-order valence-electron chi connectivity index (χ3n) is 4.23. The lowest BCUT2D eigenvalue weighted by Gasteiger charge is -2.37. The van der Waals surface area contributed by atoms with E-state index in [4.69, 9.17) is 4.74 Å². The average molecular weight is 322 g/mol. The zero-order valence-electron chi connectivity index (χ0n) is 13.5. The number of hydrogen-bond acceptors (Lipinski definition) is 4. The summed E-state index contributed by atoms with van der Waals surface area (Å²) in [7, 11) is -1.90. The highest BCUT2D eigenvalue weighted by Gasteiger charge is 2.36. The van der Waals surface area contributed by atoms with Gasteiger partial charge in [-0.25, -0.2) is 0 Å². The molecular formula is C14H30N2O4S. The van der Waals surface area contributed by atoms with E-state index in [1.54, 1.807) is 11.4 Å². The van der Waals surface area contributed by atoms with Crippen molar-refractivity contribution in [2.24, 2.45) is 5.92 Å². The van der Waals surface area contributed by atoms with Crippen molar-refractivity contribution in [2.45, 2.75) is 45.6 Å². The Balaban J connectivity index is 2.91. The van der Waals surface area contributed by atoms with Crippen LogP contribution in [0.3, 0.4) is 0 Å². The maximum absolute atomic E-state index is 12.9. The molecule has 1 fully saturated rings. The van der Waals surface area contributed by atoms with E-state index in [2.05, 4.69) is 0 Å². The summed E-state index contributed by atoms with van der Waals surface area (Å²) in [5, 5.41) is 9.30. The van der Waals surface area contributed by atoms with Crippen LogP contribution in [-0.2, 0) is 14.9 Å². The van der Waals surface area contributed by atoms with Gasteiger partial charge in [-0.05, 0) is 31.6 Å². The van der Waals surface area contributed by atoms with Crippen LogP contribution < -0.4 is 0 Å². The number of aliphatic hydroxyl groups is 1. The van der Waals surface area contributed by atoms with Crippen molar-refractivity contribution in [2.75, 3.05) is 40.0 Å². The average Bonchev–Trinajstić information content (AvgIpc) is 2.51. The van der Waals surface area contributed by atoms with Gasteiger partial charge in [-0.3, -0.25) is 0 Å². The van der Waals surface area contributed by atoms with E-state index in [-0.39, 0.29) is 18.6 Å². The Labute approximate surface area is 129 Å². The summed E-state index contributed by atoms with van der Waals surface area (Å²) < 4.78 is 34.0. The van der Waals surface area contributed by atoms with E-state index >= 15 is 0 Å². The van der Waals surface area contributed by atoms with E-state index in [0.29, 0.717) is 26.2 Å². The lowest BCUT2D eigenvalue weighted by Crippen LogP contribution is -2.52. The second-order valence-electron chi connectivity index (χ2n) is 5.63. The predicted octanol–water partition coefficient (Wildman–Crippen LogP) is 1.07. The first-order chi connectivity index (χ1) is 10.0. The maximum Gasteiger partial charge on any atom is 0.282 e. The van der Waals surface area contributed by atoms with Crippen LogP contribution in [-0.4, -0.2) is 68.1 Å². The Morgan fingerprint density at radius 3 is 2.57 bits per heavy atom.